The van der Waals surface area contributed by atoms with Crippen molar-refractivity contribution in [2.24, 2.45) is 5.41 Å². The van der Waals surface area contributed by atoms with Crippen LogP contribution in [0.3, 0.4) is 0 Å². The minimum Gasteiger partial charge on any atom is -0.508 e. The van der Waals surface area contributed by atoms with Crippen LogP contribution in [0.5, 0.6) is 23.0 Å². The van der Waals surface area contributed by atoms with Gasteiger partial charge in [-0.2, -0.15) is 0 Å². The number of para-hydroxylation sites is 1. The van der Waals surface area contributed by atoms with Gasteiger partial charge in [-0.3, -0.25) is 9.59 Å². The first-order valence-electron chi connectivity index (χ1n) is 19.3. The lowest BCUT2D eigenvalue weighted by molar-refractivity contribution is -0.130. The van der Waals surface area contributed by atoms with E-state index in [9.17, 15) is 38.4 Å². The zero-order valence-electron chi connectivity index (χ0n) is 32.6. The minimum atomic E-state index is -3.83. The maximum absolute atomic E-state index is 14.5. The molecule has 0 spiro atoms. The highest BCUT2D eigenvalue weighted by atomic mass is 32.2. The number of ether oxygens (including phenoxy) is 1. The zero-order chi connectivity index (χ0) is 41.2. The third-order valence-corrected chi connectivity index (χ3v) is 13.1. The van der Waals surface area contributed by atoms with Gasteiger partial charge in [-0.25, -0.2) is 8.42 Å². The molecule has 0 fully saturated rings. The molecule has 4 aromatic carbocycles. The lowest BCUT2D eigenvalue weighted by atomic mass is 9.79. The van der Waals surface area contributed by atoms with E-state index in [1.54, 1.807) is 0 Å². The number of hydrogen-bond donors (Lipinski definition) is 6. The first-order chi connectivity index (χ1) is 27.3. The van der Waals surface area contributed by atoms with E-state index in [0.717, 1.165) is 44.2 Å². The van der Waals surface area contributed by atoms with Crippen LogP contribution < -0.4 is 20.3 Å². The van der Waals surface area contributed by atoms with Crippen molar-refractivity contribution in [3.8, 4) is 23.0 Å². The monoisotopic (exact) mass is 819 g/mol. The van der Waals surface area contributed by atoms with Crippen molar-refractivity contribution in [3.05, 3.63) is 96.1 Å². The number of fused-ring (bicyclic) bond motifs is 1. The Balaban J connectivity index is 1.38. The number of sulfone groups is 1. The van der Waals surface area contributed by atoms with Gasteiger partial charge in [0.2, 0.25) is 5.91 Å². The molecule has 1 aliphatic rings. The summed E-state index contributed by atoms with van der Waals surface area (Å²) in [5, 5.41) is 45.2. The fourth-order valence-electron chi connectivity index (χ4n) is 7.24. The van der Waals surface area contributed by atoms with E-state index in [2.05, 4.69) is 29.4 Å². The Labute approximate surface area is 339 Å². The molecule has 2 unspecified atom stereocenters. The Hall–Kier alpha value is -4.92. The number of anilines is 2. The van der Waals surface area contributed by atoms with Gasteiger partial charge >= 0.3 is 0 Å². The molecule has 0 aromatic heterocycles. The number of aliphatic hydroxyl groups excluding tert-OH is 1. The summed E-state index contributed by atoms with van der Waals surface area (Å²) in [6, 6.07) is 21.7. The maximum atomic E-state index is 14.5. The van der Waals surface area contributed by atoms with E-state index in [-0.39, 0.29) is 46.6 Å². The van der Waals surface area contributed by atoms with Crippen molar-refractivity contribution >= 4 is 44.8 Å². The molecule has 0 saturated carbocycles. The Morgan fingerprint density at radius 1 is 0.895 bits per heavy atom. The van der Waals surface area contributed by atoms with Crippen LogP contribution in [0.15, 0.2) is 94.7 Å². The number of carbonyl (C=O) groups is 2. The van der Waals surface area contributed by atoms with E-state index in [1.807, 2.05) is 42.7 Å². The van der Waals surface area contributed by atoms with Crippen molar-refractivity contribution in [1.29, 1.82) is 0 Å². The topological polar surface area (TPSA) is 186 Å². The molecule has 57 heavy (non-hydrogen) atoms. The molecular weight excluding hydrogens is 767 g/mol. The summed E-state index contributed by atoms with van der Waals surface area (Å²) in [4.78, 5) is 29.9. The Morgan fingerprint density at radius 2 is 1.56 bits per heavy atom. The number of nitrogens with one attached hydrogen (secondary N) is 2. The molecule has 6 N–H and O–H groups in total. The quantitative estimate of drug-likeness (QED) is 0.0438. The van der Waals surface area contributed by atoms with Crippen LogP contribution in [-0.4, -0.2) is 72.4 Å². The highest BCUT2D eigenvalue weighted by Gasteiger charge is 2.42. The number of nitrogens with zero attached hydrogens (tertiary/aromatic N) is 1. The van der Waals surface area contributed by atoms with Gasteiger partial charge in [-0.1, -0.05) is 75.9 Å². The normalized spacial score (nSPS) is 15.5. The zero-order valence-corrected chi connectivity index (χ0v) is 34.2. The molecule has 1 heterocycles. The van der Waals surface area contributed by atoms with Gasteiger partial charge in [0.15, 0.2) is 27.9 Å². The second-order valence-electron chi connectivity index (χ2n) is 14.6. The average Bonchev–Trinajstić information content (AvgIpc) is 3.30. The summed E-state index contributed by atoms with van der Waals surface area (Å²) in [5.41, 5.74) is 1.69. The van der Waals surface area contributed by atoms with Crippen molar-refractivity contribution in [2.75, 3.05) is 36.6 Å². The Bertz CT molecular complexity index is 2090. The first kappa shape index (κ1) is 43.2. The van der Waals surface area contributed by atoms with Gasteiger partial charge in [0.1, 0.15) is 17.5 Å². The van der Waals surface area contributed by atoms with Crippen molar-refractivity contribution < 1.29 is 43.2 Å². The van der Waals surface area contributed by atoms with Crippen molar-refractivity contribution in [3.63, 3.8) is 0 Å². The number of rotatable bonds is 18. The van der Waals surface area contributed by atoms with Gasteiger partial charge in [0.05, 0.1) is 27.3 Å². The smallest absolute Gasteiger partial charge is 0.258 e. The van der Waals surface area contributed by atoms with Crippen LogP contribution in [0.25, 0.3) is 0 Å². The third kappa shape index (κ3) is 10.9. The molecule has 306 valence electrons. The maximum Gasteiger partial charge on any atom is 0.258 e. The van der Waals surface area contributed by atoms with Crippen molar-refractivity contribution in [1.82, 2.24) is 10.6 Å². The van der Waals surface area contributed by atoms with Crippen molar-refractivity contribution in [2.45, 2.75) is 80.7 Å². The molecule has 12 nitrogen and oxygen atoms in total. The number of aliphatic hydroxyl groups is 1. The number of unbranched alkanes of at least 4 members (excludes halogenated alkanes) is 2. The summed E-state index contributed by atoms with van der Waals surface area (Å²) < 4.78 is 35.0. The Kier molecular flexibility index (Phi) is 14.8. The van der Waals surface area contributed by atoms with Gasteiger partial charge in [0.25, 0.3) is 5.91 Å². The lowest BCUT2D eigenvalue weighted by Gasteiger charge is -2.37. The summed E-state index contributed by atoms with van der Waals surface area (Å²) in [6.45, 7) is 4.25. The van der Waals surface area contributed by atoms with Crippen LogP contribution in [0.2, 0.25) is 0 Å². The van der Waals surface area contributed by atoms with Gasteiger partial charge < -0.3 is 40.7 Å². The molecule has 2 amide bonds. The number of aromatic hydroxyl groups is 3. The second-order valence-corrected chi connectivity index (χ2v) is 17.4. The molecule has 0 aliphatic carbocycles. The Morgan fingerprint density at radius 3 is 2.19 bits per heavy atom. The molecule has 2 atom stereocenters. The van der Waals surface area contributed by atoms with Crippen LogP contribution in [0.4, 0.5) is 11.4 Å². The number of carbonyl (C=O) groups excluding carboxylic acids is 2. The molecular formula is C43H53N3O9S2. The largest absolute Gasteiger partial charge is 0.508 e. The van der Waals surface area contributed by atoms with Crippen LogP contribution >= 0.6 is 11.8 Å². The average molecular weight is 820 g/mol. The van der Waals surface area contributed by atoms with Crippen LogP contribution in [-0.2, 0) is 19.4 Å². The number of phenols is 3. The second kappa shape index (κ2) is 19.5. The summed E-state index contributed by atoms with van der Waals surface area (Å²) in [5.74, 6) is -1.77. The molecule has 1 aliphatic heterocycles. The summed E-state index contributed by atoms with van der Waals surface area (Å²) >= 11 is 1.37. The molecule has 5 rings (SSSR count). The number of phenolic OH excluding ortho intramolecular Hbond substituents is 3. The fraction of sp³-hybridized carbons (Fsp3) is 0.395. The molecule has 0 saturated heterocycles. The van der Waals surface area contributed by atoms with E-state index < -0.39 is 45.8 Å². The van der Waals surface area contributed by atoms with Crippen LogP contribution in [0.1, 0.15) is 82.1 Å². The molecule has 14 heteroatoms. The first-order valence-corrected chi connectivity index (χ1v) is 22.1. The van der Waals surface area contributed by atoms with E-state index in [1.165, 1.54) is 60.3 Å². The summed E-state index contributed by atoms with van der Waals surface area (Å²) in [7, 11) is -3.83. The number of thioether (sulfide) groups is 1. The van der Waals surface area contributed by atoms with Gasteiger partial charge in [0, 0.05) is 30.3 Å². The van der Waals surface area contributed by atoms with Crippen LogP contribution in [0, 0.1) is 5.41 Å². The van der Waals surface area contributed by atoms with E-state index >= 15 is 0 Å². The predicted octanol–water partition coefficient (Wildman–Crippen LogP) is 7.29. The predicted molar refractivity (Wildman–Crippen MR) is 222 cm³/mol. The number of amides is 2. The lowest BCUT2D eigenvalue weighted by Crippen LogP contribution is -2.42. The minimum absolute atomic E-state index is 0.00144. The number of benzene rings is 4. The summed E-state index contributed by atoms with van der Waals surface area (Å²) in [6.07, 6.45) is 6.13. The molecule has 0 radical (unpaired) electrons. The van der Waals surface area contributed by atoms with E-state index in [0.29, 0.717) is 28.3 Å². The molecule has 0 bridgehead atoms. The third-order valence-electron chi connectivity index (χ3n) is 10.3. The highest BCUT2D eigenvalue weighted by molar-refractivity contribution is 7.98. The molecule has 4 aromatic rings. The highest BCUT2D eigenvalue weighted by Crippen LogP contribution is 2.48. The standard InChI is InChI=1S/C43H53N3O9S2/c1-4-6-20-43(21-7-5-2)27-46(31-11-9-8-10-12-31)33-24-38(56-3)37(25-39(33)57(53,54)28-43)55-26-40(51)45-41(29-13-16-32(47)17-14-29)42(52)44-22-19-34(48)30-15-18-35(49)36(50)23-30/h8-18,23-25,34,41,47-50H,4-7,19-22,26-28H2,1-3H3,(H,44,52)(H,45,51). The fourth-order valence-corrected chi connectivity index (χ4v) is 9.91. The number of hydrogen-bond acceptors (Lipinski definition) is 11. The van der Waals surface area contributed by atoms with Gasteiger partial charge in [-0.05, 0) is 79.1 Å². The van der Waals surface area contributed by atoms with E-state index in [4.69, 9.17) is 4.74 Å². The van der Waals surface area contributed by atoms with Gasteiger partial charge in [-0.15, -0.1) is 11.8 Å². The SMILES string of the molecule is CCCCC1(CCCC)CN(c2ccccc2)c2cc(SC)c(OCC(=O)NC(C(=O)NCCC(O)c3ccc(O)c(O)c3)c3ccc(O)cc3)cc2S(=O)(=O)C1.